The SMILES string of the molecule is CC1C=CN=CC1CCOc1ccccc1-c1ccc2[nH]nc(CN(C)C)c2c1. The molecule has 0 saturated carbocycles. The molecule has 4 rings (SSSR count). The molecule has 0 amide bonds. The number of para-hydroxylation sites is 1. The molecule has 0 aliphatic carbocycles. The first-order valence-electron chi connectivity index (χ1n) is 10.2. The summed E-state index contributed by atoms with van der Waals surface area (Å²) in [6, 6.07) is 14.7. The van der Waals surface area contributed by atoms with Crippen LogP contribution in [0.2, 0.25) is 0 Å². The van der Waals surface area contributed by atoms with Crippen LogP contribution in [-0.4, -0.2) is 42.0 Å². The Bertz CT molecular complexity index is 1030. The van der Waals surface area contributed by atoms with Crippen LogP contribution in [0.4, 0.5) is 0 Å². The lowest BCUT2D eigenvalue weighted by molar-refractivity contribution is 0.286. The maximum Gasteiger partial charge on any atom is 0.127 e. The van der Waals surface area contributed by atoms with E-state index in [1.165, 1.54) is 0 Å². The molecule has 2 unspecified atom stereocenters. The number of nitrogens with zero attached hydrogens (tertiary/aromatic N) is 3. The number of aliphatic imine (C=N–C) groups is 1. The van der Waals surface area contributed by atoms with E-state index in [0.717, 1.165) is 46.4 Å². The number of allylic oxidation sites excluding steroid dienone is 1. The van der Waals surface area contributed by atoms with Gasteiger partial charge in [0.2, 0.25) is 0 Å². The molecule has 0 bridgehead atoms. The Hall–Kier alpha value is -2.92. The van der Waals surface area contributed by atoms with Gasteiger partial charge in [-0.3, -0.25) is 10.1 Å². The topological polar surface area (TPSA) is 53.5 Å². The average molecular weight is 389 g/mol. The molecule has 1 N–H and O–H groups in total. The second kappa shape index (κ2) is 8.62. The van der Waals surface area contributed by atoms with E-state index in [0.29, 0.717) is 18.4 Å². The van der Waals surface area contributed by atoms with E-state index in [4.69, 9.17) is 4.74 Å². The first-order valence-corrected chi connectivity index (χ1v) is 10.2. The van der Waals surface area contributed by atoms with Gasteiger partial charge < -0.3 is 9.64 Å². The molecular weight excluding hydrogens is 360 g/mol. The maximum atomic E-state index is 6.21. The Balaban J connectivity index is 1.54. The lowest BCUT2D eigenvalue weighted by Crippen LogP contribution is -2.17. The van der Waals surface area contributed by atoms with E-state index in [1.54, 1.807) is 0 Å². The molecule has 0 fully saturated rings. The molecule has 1 aromatic heterocycles. The smallest absolute Gasteiger partial charge is 0.127 e. The van der Waals surface area contributed by atoms with E-state index in [1.807, 2.05) is 24.5 Å². The molecule has 2 aromatic carbocycles. The lowest BCUT2D eigenvalue weighted by Gasteiger charge is -2.20. The van der Waals surface area contributed by atoms with Crippen molar-refractivity contribution in [2.24, 2.45) is 16.8 Å². The van der Waals surface area contributed by atoms with Gasteiger partial charge >= 0.3 is 0 Å². The summed E-state index contributed by atoms with van der Waals surface area (Å²) in [4.78, 5) is 6.41. The Labute approximate surface area is 172 Å². The summed E-state index contributed by atoms with van der Waals surface area (Å²) in [6.45, 7) is 3.70. The average Bonchev–Trinajstić information content (AvgIpc) is 3.11. The van der Waals surface area contributed by atoms with Crippen LogP contribution in [0.25, 0.3) is 22.0 Å². The largest absolute Gasteiger partial charge is 0.493 e. The van der Waals surface area contributed by atoms with E-state index in [2.05, 4.69) is 77.5 Å². The number of aromatic nitrogens is 2. The first-order chi connectivity index (χ1) is 14.1. The van der Waals surface area contributed by atoms with Gasteiger partial charge in [0, 0.05) is 35.8 Å². The third-order valence-corrected chi connectivity index (χ3v) is 5.44. The Morgan fingerprint density at radius 1 is 1.14 bits per heavy atom. The van der Waals surface area contributed by atoms with Gasteiger partial charge in [-0.2, -0.15) is 5.10 Å². The molecule has 150 valence electrons. The summed E-state index contributed by atoms with van der Waals surface area (Å²) < 4.78 is 6.21. The number of rotatable bonds is 7. The minimum atomic E-state index is 0.433. The Morgan fingerprint density at radius 3 is 2.83 bits per heavy atom. The molecule has 29 heavy (non-hydrogen) atoms. The number of benzene rings is 2. The summed E-state index contributed by atoms with van der Waals surface area (Å²) in [5, 5.41) is 8.78. The van der Waals surface area contributed by atoms with Crippen molar-refractivity contribution >= 4 is 17.1 Å². The van der Waals surface area contributed by atoms with Crippen molar-refractivity contribution in [3.8, 4) is 16.9 Å². The highest BCUT2D eigenvalue weighted by Gasteiger charge is 2.16. The molecule has 0 radical (unpaired) electrons. The van der Waals surface area contributed by atoms with Crippen LogP contribution in [0.3, 0.4) is 0 Å². The molecule has 2 heterocycles. The monoisotopic (exact) mass is 388 g/mol. The zero-order valence-corrected chi connectivity index (χ0v) is 17.3. The fraction of sp³-hybridized carbons (Fsp3) is 0.333. The Morgan fingerprint density at radius 2 is 2.00 bits per heavy atom. The summed E-state index contributed by atoms with van der Waals surface area (Å²) in [7, 11) is 4.11. The van der Waals surface area contributed by atoms with Gasteiger partial charge in [-0.15, -0.1) is 0 Å². The van der Waals surface area contributed by atoms with E-state index < -0.39 is 0 Å². The van der Waals surface area contributed by atoms with Gasteiger partial charge in [0.1, 0.15) is 5.75 Å². The summed E-state index contributed by atoms with van der Waals surface area (Å²) in [5.41, 5.74) is 4.37. The second-order valence-corrected chi connectivity index (χ2v) is 7.96. The fourth-order valence-corrected chi connectivity index (χ4v) is 3.75. The molecule has 1 aliphatic heterocycles. The van der Waals surface area contributed by atoms with Crippen molar-refractivity contribution in [3.63, 3.8) is 0 Å². The number of ether oxygens (including phenoxy) is 1. The summed E-state index contributed by atoms with van der Waals surface area (Å²) in [5.74, 6) is 1.86. The number of hydrogen-bond donors (Lipinski definition) is 1. The zero-order valence-electron chi connectivity index (χ0n) is 17.3. The molecule has 5 heteroatoms. The van der Waals surface area contributed by atoms with Gasteiger partial charge in [-0.25, -0.2) is 0 Å². The van der Waals surface area contributed by atoms with E-state index >= 15 is 0 Å². The standard InChI is InChI=1S/C24H28N4O/c1-17-10-12-25-15-19(17)11-13-29-24-7-5-4-6-20(24)18-8-9-22-21(14-18)23(27-26-22)16-28(2)3/h4-10,12,14-15,17,19H,11,13,16H2,1-3H3,(H,26,27). The van der Waals surface area contributed by atoms with Gasteiger partial charge in [0.05, 0.1) is 17.8 Å². The zero-order chi connectivity index (χ0) is 20.2. The summed E-state index contributed by atoms with van der Waals surface area (Å²) in [6.07, 6.45) is 7.04. The molecular formula is C24H28N4O. The molecule has 0 spiro atoms. The molecule has 1 aliphatic rings. The van der Waals surface area contributed by atoms with Gasteiger partial charge in [-0.1, -0.05) is 37.3 Å². The molecule has 3 aromatic rings. The molecule has 2 atom stereocenters. The van der Waals surface area contributed by atoms with Crippen molar-refractivity contribution in [2.45, 2.75) is 19.9 Å². The van der Waals surface area contributed by atoms with Crippen LogP contribution in [0, 0.1) is 11.8 Å². The van der Waals surface area contributed by atoms with Crippen molar-refractivity contribution in [1.82, 2.24) is 15.1 Å². The lowest BCUT2D eigenvalue weighted by atomic mass is 9.91. The minimum Gasteiger partial charge on any atom is -0.493 e. The highest BCUT2D eigenvalue weighted by molar-refractivity contribution is 5.87. The predicted octanol–water partition coefficient (Wildman–Crippen LogP) is 4.91. The van der Waals surface area contributed by atoms with Crippen LogP contribution in [0.5, 0.6) is 5.75 Å². The van der Waals surface area contributed by atoms with E-state index in [-0.39, 0.29) is 0 Å². The van der Waals surface area contributed by atoms with E-state index in [9.17, 15) is 0 Å². The van der Waals surface area contributed by atoms with Crippen LogP contribution in [0.15, 0.2) is 59.7 Å². The number of aromatic amines is 1. The third kappa shape index (κ3) is 4.40. The van der Waals surface area contributed by atoms with Crippen LogP contribution in [0.1, 0.15) is 19.0 Å². The Kier molecular flexibility index (Phi) is 5.76. The van der Waals surface area contributed by atoms with Crippen molar-refractivity contribution < 1.29 is 4.74 Å². The van der Waals surface area contributed by atoms with Gasteiger partial charge in [0.25, 0.3) is 0 Å². The van der Waals surface area contributed by atoms with Crippen LogP contribution >= 0.6 is 0 Å². The normalized spacial score (nSPS) is 18.6. The molecule has 0 saturated heterocycles. The van der Waals surface area contributed by atoms with Crippen LogP contribution in [-0.2, 0) is 6.54 Å². The fourth-order valence-electron chi connectivity index (χ4n) is 3.75. The maximum absolute atomic E-state index is 6.21. The highest BCUT2D eigenvalue weighted by atomic mass is 16.5. The quantitative estimate of drug-likeness (QED) is 0.626. The van der Waals surface area contributed by atoms with Crippen molar-refractivity contribution in [1.29, 1.82) is 0 Å². The number of fused-ring (bicyclic) bond motifs is 1. The van der Waals surface area contributed by atoms with Crippen LogP contribution < -0.4 is 4.74 Å². The van der Waals surface area contributed by atoms with Gasteiger partial charge in [0.15, 0.2) is 0 Å². The second-order valence-electron chi connectivity index (χ2n) is 7.96. The number of H-pyrrole nitrogens is 1. The van der Waals surface area contributed by atoms with Crippen molar-refractivity contribution in [2.75, 3.05) is 20.7 Å². The highest BCUT2D eigenvalue weighted by Crippen LogP contribution is 2.33. The predicted molar refractivity (Wildman–Crippen MR) is 119 cm³/mol. The third-order valence-electron chi connectivity index (χ3n) is 5.44. The minimum absolute atomic E-state index is 0.433. The number of nitrogens with one attached hydrogen (secondary N) is 1. The van der Waals surface area contributed by atoms with Gasteiger partial charge in [-0.05, 0) is 50.2 Å². The number of hydrogen-bond acceptors (Lipinski definition) is 4. The molecule has 5 nitrogen and oxygen atoms in total. The summed E-state index contributed by atoms with van der Waals surface area (Å²) >= 11 is 0. The van der Waals surface area contributed by atoms with Crippen molar-refractivity contribution in [3.05, 3.63) is 60.4 Å². The first kappa shape index (κ1) is 19.4.